The molecule has 0 aliphatic heterocycles. The molecule has 0 bridgehead atoms. The smallest absolute Gasteiger partial charge is 0.356 e. The van der Waals surface area contributed by atoms with E-state index < -0.39 is 24.8 Å². The monoisotopic (exact) mass is 395 g/mol. The highest BCUT2D eigenvalue weighted by molar-refractivity contribution is 7.53. The summed E-state index contributed by atoms with van der Waals surface area (Å²) < 4.78 is 13.1. The normalized spacial score (nSPS) is 13.7. The van der Waals surface area contributed by atoms with Crippen LogP contribution < -0.4 is 11.1 Å². The van der Waals surface area contributed by atoms with Gasteiger partial charge in [-0.2, -0.15) is 0 Å². The van der Waals surface area contributed by atoms with Crippen LogP contribution in [0.15, 0.2) is 91.0 Å². The summed E-state index contributed by atoms with van der Waals surface area (Å²) in [5.74, 6) is -1.33. The van der Waals surface area contributed by atoms with Gasteiger partial charge in [-0.3, -0.25) is 9.97 Å². The van der Waals surface area contributed by atoms with Crippen LogP contribution in [0.2, 0.25) is 0 Å². The summed E-state index contributed by atoms with van der Waals surface area (Å²) in [5.41, 5.74) is 7.36. The van der Waals surface area contributed by atoms with Gasteiger partial charge in [-0.15, -0.1) is 0 Å². The Morgan fingerprint density at radius 3 is 1.61 bits per heavy atom. The number of nitrogens with one attached hydrogen (secondary N) is 2. The second-order valence-electron chi connectivity index (χ2n) is 6.47. The molecular formula is C21H22N3O3P. The maximum Gasteiger partial charge on any atom is 0.356 e. The lowest BCUT2D eigenvalue weighted by Crippen LogP contribution is -2.52. The molecule has 0 aromatic heterocycles. The maximum absolute atomic E-state index is 13.1. The second-order valence-corrected chi connectivity index (χ2v) is 8.26. The Balaban J connectivity index is 2.41. The van der Waals surface area contributed by atoms with Gasteiger partial charge in [0.15, 0.2) is 11.2 Å². The highest BCUT2D eigenvalue weighted by Gasteiger charge is 2.55. The van der Waals surface area contributed by atoms with Gasteiger partial charge in [-0.25, -0.2) is 0 Å². The van der Waals surface area contributed by atoms with Gasteiger partial charge < -0.3 is 20.8 Å². The van der Waals surface area contributed by atoms with Crippen molar-refractivity contribution in [2.45, 2.75) is 11.2 Å². The third kappa shape index (κ3) is 3.71. The van der Waals surface area contributed by atoms with Crippen LogP contribution in [0.25, 0.3) is 0 Å². The number of hydrogen-bond acceptors (Lipinski definition) is 2. The Morgan fingerprint density at radius 1 is 0.857 bits per heavy atom. The van der Waals surface area contributed by atoms with Gasteiger partial charge in [0.05, 0.1) is 0 Å². The molecule has 0 aliphatic rings. The first-order chi connectivity index (χ1) is 13.4. The molecule has 3 aromatic carbocycles. The summed E-state index contributed by atoms with van der Waals surface area (Å²) in [4.78, 5) is 21.2. The highest BCUT2D eigenvalue weighted by atomic mass is 31.2. The third-order valence-electron chi connectivity index (χ3n) is 4.68. The fraction of sp³-hybridized carbons (Fsp3) is 0.0952. The molecule has 6 N–H and O–H groups in total. The number of rotatable bonds is 6. The molecule has 0 radical (unpaired) electrons. The van der Waals surface area contributed by atoms with Gasteiger partial charge in [0.25, 0.3) is 0 Å². The lowest BCUT2D eigenvalue weighted by molar-refractivity contribution is 0.299. The number of hydrogen-bond donors (Lipinski definition) is 5. The quantitative estimate of drug-likeness (QED) is 0.249. The zero-order valence-corrected chi connectivity index (χ0v) is 16.0. The minimum atomic E-state index is -4.90. The number of benzene rings is 3. The first-order valence-electron chi connectivity index (χ1n) is 8.69. The average Bonchev–Trinajstić information content (AvgIpc) is 2.68. The number of guanidine groups is 1. The Morgan fingerprint density at radius 2 is 1.25 bits per heavy atom. The van der Waals surface area contributed by atoms with Gasteiger partial charge in [-0.05, 0) is 16.7 Å². The van der Waals surface area contributed by atoms with E-state index in [0.717, 1.165) is 0 Å². The van der Waals surface area contributed by atoms with E-state index in [1.165, 1.54) is 0 Å². The molecule has 6 nitrogen and oxygen atoms in total. The predicted molar refractivity (Wildman–Crippen MR) is 110 cm³/mol. The molecule has 0 aliphatic carbocycles. The second kappa shape index (κ2) is 7.98. The van der Waals surface area contributed by atoms with Crippen LogP contribution in [0.3, 0.4) is 0 Å². The van der Waals surface area contributed by atoms with E-state index in [2.05, 4.69) is 5.32 Å². The minimum Gasteiger partial charge on any atom is -0.370 e. The zero-order chi connectivity index (χ0) is 20.2. The summed E-state index contributed by atoms with van der Waals surface area (Å²) in [5, 5.41) is 8.51. The van der Waals surface area contributed by atoms with E-state index in [1.54, 1.807) is 30.3 Å². The maximum atomic E-state index is 13.1. The average molecular weight is 395 g/mol. The minimum absolute atomic E-state index is 0.344. The largest absolute Gasteiger partial charge is 0.370 e. The Labute approximate surface area is 163 Å². The summed E-state index contributed by atoms with van der Waals surface area (Å²) in [6.07, 6.45) is 0. The molecule has 3 rings (SSSR count). The van der Waals surface area contributed by atoms with Gasteiger partial charge in [-0.1, -0.05) is 91.0 Å². The van der Waals surface area contributed by atoms with Crippen molar-refractivity contribution in [1.82, 2.24) is 5.32 Å². The Hall–Kier alpha value is -2.92. The predicted octanol–water partition coefficient (Wildman–Crippen LogP) is 3.33. The van der Waals surface area contributed by atoms with E-state index in [1.807, 2.05) is 60.7 Å². The van der Waals surface area contributed by atoms with Crippen LogP contribution in [0.1, 0.15) is 22.6 Å². The molecule has 0 heterocycles. The summed E-state index contributed by atoms with van der Waals surface area (Å²) in [6, 6.07) is 26.6. The molecule has 0 fully saturated rings. The van der Waals surface area contributed by atoms with Crippen molar-refractivity contribution < 1.29 is 14.4 Å². The van der Waals surface area contributed by atoms with Gasteiger partial charge >= 0.3 is 7.60 Å². The summed E-state index contributed by atoms with van der Waals surface area (Å²) >= 11 is 0. The van der Waals surface area contributed by atoms with Crippen LogP contribution in [-0.4, -0.2) is 15.7 Å². The van der Waals surface area contributed by atoms with Crippen LogP contribution >= 0.6 is 7.60 Å². The van der Waals surface area contributed by atoms with Gasteiger partial charge in [0, 0.05) is 5.92 Å². The van der Waals surface area contributed by atoms with E-state index in [0.29, 0.717) is 16.7 Å². The molecule has 0 amide bonds. The van der Waals surface area contributed by atoms with Gasteiger partial charge in [0.2, 0.25) is 0 Å². The molecule has 1 atom stereocenters. The molecule has 0 spiro atoms. The van der Waals surface area contributed by atoms with Crippen molar-refractivity contribution in [3.8, 4) is 0 Å². The molecule has 0 saturated heterocycles. The topological polar surface area (TPSA) is 119 Å². The standard InChI is InChI=1S/C21H22N3O3P/c22-20(23)24-21(28(25,26)27,18-14-8-3-9-15-18)19(16-10-4-1-5-11-16)17-12-6-2-7-13-17/h1-15,19H,(H4,22,23,24)(H2,25,26,27). The van der Waals surface area contributed by atoms with Crippen molar-refractivity contribution in [3.05, 3.63) is 108 Å². The molecule has 3 aromatic rings. The molecule has 7 heteroatoms. The molecule has 0 saturated carbocycles. The van der Waals surface area contributed by atoms with E-state index in [9.17, 15) is 14.4 Å². The fourth-order valence-corrected chi connectivity index (χ4v) is 4.97. The summed E-state index contributed by atoms with van der Waals surface area (Å²) in [6.45, 7) is 0. The van der Waals surface area contributed by atoms with Crippen molar-refractivity contribution in [2.75, 3.05) is 0 Å². The molecular weight excluding hydrogens is 373 g/mol. The molecule has 28 heavy (non-hydrogen) atoms. The lowest BCUT2D eigenvalue weighted by Gasteiger charge is -2.42. The SMILES string of the molecule is N=C(N)NC(c1ccccc1)(C(c1ccccc1)c1ccccc1)P(=O)(O)O. The van der Waals surface area contributed by atoms with Crippen molar-refractivity contribution in [1.29, 1.82) is 5.41 Å². The van der Waals surface area contributed by atoms with Crippen LogP contribution in [0.5, 0.6) is 0 Å². The van der Waals surface area contributed by atoms with Gasteiger partial charge in [0.1, 0.15) is 0 Å². The first-order valence-corrected chi connectivity index (χ1v) is 10.3. The highest BCUT2D eigenvalue weighted by Crippen LogP contribution is 2.63. The number of nitrogens with two attached hydrogens (primary N) is 1. The van der Waals surface area contributed by atoms with E-state index in [4.69, 9.17) is 11.1 Å². The van der Waals surface area contributed by atoms with E-state index >= 15 is 0 Å². The Bertz CT molecular complexity index is 938. The third-order valence-corrected chi connectivity index (χ3v) is 6.23. The van der Waals surface area contributed by atoms with Crippen LogP contribution in [0, 0.1) is 5.41 Å². The zero-order valence-electron chi connectivity index (χ0n) is 15.1. The molecule has 144 valence electrons. The first kappa shape index (κ1) is 19.8. The van der Waals surface area contributed by atoms with Crippen molar-refractivity contribution >= 4 is 13.6 Å². The van der Waals surface area contributed by atoms with Crippen molar-refractivity contribution in [2.24, 2.45) is 5.73 Å². The molecule has 1 unspecified atom stereocenters. The fourth-order valence-electron chi connectivity index (χ4n) is 3.58. The van der Waals surface area contributed by atoms with Crippen molar-refractivity contribution in [3.63, 3.8) is 0 Å². The van der Waals surface area contributed by atoms with Crippen LogP contribution in [-0.2, 0) is 9.85 Å². The summed E-state index contributed by atoms with van der Waals surface area (Å²) in [7, 11) is -4.90. The Kier molecular flexibility index (Phi) is 5.66. The lowest BCUT2D eigenvalue weighted by atomic mass is 9.81. The van der Waals surface area contributed by atoms with E-state index in [-0.39, 0.29) is 0 Å². The van der Waals surface area contributed by atoms with Crippen LogP contribution in [0.4, 0.5) is 0 Å².